The van der Waals surface area contributed by atoms with Gasteiger partial charge in [-0.1, -0.05) is 6.07 Å². The van der Waals surface area contributed by atoms with Crippen molar-refractivity contribution >= 4 is 11.0 Å². The van der Waals surface area contributed by atoms with Crippen LogP contribution in [-0.2, 0) is 24.4 Å². The quantitative estimate of drug-likeness (QED) is 0.257. The Bertz CT molecular complexity index is 1650. The summed E-state index contributed by atoms with van der Waals surface area (Å²) < 4.78 is 33.2. The topological polar surface area (TPSA) is 139 Å². The molecule has 0 radical (unpaired) electrons. The normalized spacial score (nSPS) is 20.7. The molecule has 2 aromatic heterocycles. The fourth-order valence-corrected chi connectivity index (χ4v) is 5.91. The lowest BCUT2D eigenvalue weighted by Crippen LogP contribution is -2.44. The first-order chi connectivity index (χ1) is 21.4. The molecule has 4 aromatic rings. The van der Waals surface area contributed by atoms with Gasteiger partial charge in [0.25, 0.3) is 0 Å². The Morgan fingerprint density at radius 3 is 2.82 bits per heavy atom. The largest absolute Gasteiger partial charge is 0.484 e. The molecule has 4 heterocycles. The van der Waals surface area contributed by atoms with Crippen LogP contribution in [0.2, 0.25) is 0 Å². The van der Waals surface area contributed by atoms with Gasteiger partial charge in [0.2, 0.25) is 5.88 Å². The highest BCUT2D eigenvalue weighted by atomic mass is 19.1. The number of imidazole rings is 1. The van der Waals surface area contributed by atoms with E-state index in [2.05, 4.69) is 26.4 Å². The number of aliphatic hydroxyl groups excluding tert-OH is 1. The summed E-state index contributed by atoms with van der Waals surface area (Å²) in [4.78, 5) is 16.1. The second-order valence-electron chi connectivity index (χ2n) is 11.4. The van der Waals surface area contributed by atoms with Crippen molar-refractivity contribution in [1.29, 1.82) is 5.26 Å². The number of hydrogen-bond donors (Lipinski definition) is 2. The molecule has 44 heavy (non-hydrogen) atoms. The van der Waals surface area contributed by atoms with E-state index in [1.807, 2.05) is 18.2 Å². The number of rotatable bonds is 10. The van der Waals surface area contributed by atoms with Crippen molar-refractivity contribution in [1.82, 2.24) is 24.4 Å². The van der Waals surface area contributed by atoms with Crippen LogP contribution in [0.25, 0.3) is 11.0 Å². The standard InChI is InChI=1S/C32H35FN6O5/c1-20-12-25(44-31-6-9-35-29(37-31)19-43-28-5-3-24(33)13-23(28)15-34)7-10-38(20)17-30-36-26-4-2-22(32(40)41)14-27(26)39(30)16-21-8-11-42-18-21/h2-6,9,13-14,20-21,25,32,40-41H,7-8,10-12,16-19H2,1H3/t20?,21-,25+/m1/s1. The molecule has 2 aliphatic heterocycles. The molecule has 2 saturated heterocycles. The number of aliphatic hydroxyl groups is 2. The predicted molar refractivity (Wildman–Crippen MR) is 157 cm³/mol. The van der Waals surface area contributed by atoms with Gasteiger partial charge in [0.05, 0.1) is 29.7 Å². The summed E-state index contributed by atoms with van der Waals surface area (Å²) in [6.45, 7) is 5.91. The Balaban J connectivity index is 1.10. The van der Waals surface area contributed by atoms with Gasteiger partial charge in [0, 0.05) is 49.5 Å². The zero-order valence-electron chi connectivity index (χ0n) is 24.5. The minimum Gasteiger partial charge on any atom is -0.484 e. The van der Waals surface area contributed by atoms with E-state index < -0.39 is 12.1 Å². The summed E-state index contributed by atoms with van der Waals surface area (Å²) in [7, 11) is 0. The zero-order valence-corrected chi connectivity index (χ0v) is 24.5. The van der Waals surface area contributed by atoms with Crippen molar-refractivity contribution in [3.05, 3.63) is 77.3 Å². The number of nitrogens with zero attached hydrogens (tertiary/aromatic N) is 6. The first-order valence-electron chi connectivity index (χ1n) is 14.8. The van der Waals surface area contributed by atoms with Crippen molar-refractivity contribution in [3.8, 4) is 17.7 Å². The molecule has 0 spiro atoms. The molecule has 2 fully saturated rings. The summed E-state index contributed by atoms with van der Waals surface area (Å²) in [6.07, 6.45) is 2.63. The molecular weight excluding hydrogens is 567 g/mol. The molecule has 12 heteroatoms. The number of hydrogen-bond acceptors (Lipinski definition) is 10. The van der Waals surface area contributed by atoms with Crippen LogP contribution >= 0.6 is 0 Å². The Labute approximate surface area is 254 Å². The van der Waals surface area contributed by atoms with Crippen LogP contribution in [0.3, 0.4) is 0 Å². The van der Waals surface area contributed by atoms with Gasteiger partial charge in [-0.25, -0.2) is 14.4 Å². The molecule has 6 rings (SSSR count). The number of nitriles is 1. The smallest absolute Gasteiger partial charge is 0.216 e. The van der Waals surface area contributed by atoms with Crippen molar-refractivity contribution < 1.29 is 28.8 Å². The van der Waals surface area contributed by atoms with E-state index in [-0.39, 0.29) is 30.1 Å². The van der Waals surface area contributed by atoms with Gasteiger partial charge in [0.15, 0.2) is 12.1 Å². The van der Waals surface area contributed by atoms with E-state index in [0.717, 1.165) is 61.9 Å². The molecule has 1 unspecified atom stereocenters. The predicted octanol–water partition coefficient (Wildman–Crippen LogP) is 3.87. The second-order valence-corrected chi connectivity index (χ2v) is 11.4. The highest BCUT2D eigenvalue weighted by Gasteiger charge is 2.29. The van der Waals surface area contributed by atoms with Crippen LogP contribution in [0, 0.1) is 23.1 Å². The zero-order chi connectivity index (χ0) is 30.6. The first-order valence-corrected chi connectivity index (χ1v) is 14.8. The lowest BCUT2D eigenvalue weighted by Gasteiger charge is -2.37. The summed E-state index contributed by atoms with van der Waals surface area (Å²) in [5.74, 6) is 1.94. The molecule has 230 valence electrons. The fraction of sp³-hybridized carbons (Fsp3) is 0.438. The molecule has 11 nitrogen and oxygen atoms in total. The number of likely N-dealkylation sites (tertiary alicyclic amines) is 1. The molecule has 0 aliphatic carbocycles. The van der Waals surface area contributed by atoms with Crippen molar-refractivity contribution in [2.45, 2.75) is 64.3 Å². The molecular formula is C32H35FN6O5. The Kier molecular flexibility index (Phi) is 8.99. The summed E-state index contributed by atoms with van der Waals surface area (Å²) in [6, 6.07) is 13.0. The monoisotopic (exact) mass is 602 g/mol. The van der Waals surface area contributed by atoms with Gasteiger partial charge in [-0.05, 0) is 56.5 Å². The minimum atomic E-state index is -1.54. The third-order valence-electron chi connectivity index (χ3n) is 8.31. The highest BCUT2D eigenvalue weighted by molar-refractivity contribution is 5.77. The average Bonchev–Trinajstić information content (AvgIpc) is 3.66. The van der Waals surface area contributed by atoms with Crippen LogP contribution in [-0.4, -0.2) is 66.5 Å². The maximum Gasteiger partial charge on any atom is 0.216 e. The van der Waals surface area contributed by atoms with Crippen LogP contribution < -0.4 is 9.47 Å². The molecule has 0 amide bonds. The number of piperidine rings is 1. The van der Waals surface area contributed by atoms with E-state index >= 15 is 0 Å². The van der Waals surface area contributed by atoms with Crippen molar-refractivity contribution in [3.63, 3.8) is 0 Å². The van der Waals surface area contributed by atoms with Gasteiger partial charge in [-0.15, -0.1) is 0 Å². The van der Waals surface area contributed by atoms with Gasteiger partial charge < -0.3 is 29.0 Å². The molecule has 0 bridgehead atoms. The van der Waals surface area contributed by atoms with Crippen LogP contribution in [0.5, 0.6) is 11.6 Å². The molecule has 3 atom stereocenters. The third kappa shape index (κ3) is 6.81. The number of halogens is 1. The van der Waals surface area contributed by atoms with Gasteiger partial charge >= 0.3 is 0 Å². The SMILES string of the molecule is CC1C[C@@H](Oc2ccnc(COc3ccc(F)cc3C#N)n2)CCN1Cc1nc2ccc(C(O)O)cc2n1C[C@H]1CCOC1. The van der Waals surface area contributed by atoms with Gasteiger partial charge in [0.1, 0.15) is 36.2 Å². The summed E-state index contributed by atoms with van der Waals surface area (Å²) >= 11 is 0. The minimum absolute atomic E-state index is 0.0130. The lowest BCUT2D eigenvalue weighted by molar-refractivity contribution is -0.0424. The van der Waals surface area contributed by atoms with Crippen molar-refractivity contribution in [2.24, 2.45) is 5.92 Å². The number of benzene rings is 2. The highest BCUT2D eigenvalue weighted by Crippen LogP contribution is 2.28. The summed E-state index contributed by atoms with van der Waals surface area (Å²) in [5.41, 5.74) is 2.28. The first kappa shape index (κ1) is 29.9. The molecule has 2 aliphatic rings. The van der Waals surface area contributed by atoms with E-state index in [1.54, 1.807) is 18.3 Å². The van der Waals surface area contributed by atoms with E-state index in [9.17, 15) is 19.9 Å². The fourth-order valence-electron chi connectivity index (χ4n) is 5.91. The Hall–Kier alpha value is -4.15. The van der Waals surface area contributed by atoms with E-state index in [4.69, 9.17) is 19.2 Å². The van der Waals surface area contributed by atoms with Crippen LogP contribution in [0.1, 0.15) is 55.3 Å². The average molecular weight is 603 g/mol. The van der Waals surface area contributed by atoms with E-state index in [1.165, 1.54) is 12.1 Å². The van der Waals surface area contributed by atoms with E-state index in [0.29, 0.717) is 36.3 Å². The van der Waals surface area contributed by atoms with Crippen LogP contribution in [0.15, 0.2) is 48.7 Å². The Morgan fingerprint density at radius 1 is 1.16 bits per heavy atom. The van der Waals surface area contributed by atoms with Gasteiger partial charge in [-0.3, -0.25) is 4.90 Å². The molecule has 0 saturated carbocycles. The van der Waals surface area contributed by atoms with Crippen LogP contribution in [0.4, 0.5) is 4.39 Å². The molecule has 2 N–H and O–H groups in total. The number of fused-ring (bicyclic) bond motifs is 1. The maximum absolute atomic E-state index is 13.4. The maximum atomic E-state index is 13.4. The third-order valence-corrected chi connectivity index (χ3v) is 8.31. The summed E-state index contributed by atoms with van der Waals surface area (Å²) in [5, 5.41) is 28.8. The van der Waals surface area contributed by atoms with Crippen molar-refractivity contribution in [2.75, 3.05) is 19.8 Å². The van der Waals surface area contributed by atoms with Gasteiger partial charge in [-0.2, -0.15) is 10.2 Å². The lowest BCUT2D eigenvalue weighted by atomic mass is 10.0. The number of aromatic nitrogens is 4. The number of ether oxygens (including phenoxy) is 3. The molecule has 2 aromatic carbocycles. The Morgan fingerprint density at radius 2 is 2.05 bits per heavy atom. The second kappa shape index (κ2) is 13.2.